The van der Waals surface area contributed by atoms with Crippen LogP contribution in [0, 0.1) is 5.92 Å². The molecule has 2 rings (SSSR count). The third kappa shape index (κ3) is 3.82. The highest BCUT2D eigenvalue weighted by Gasteiger charge is 2.19. The lowest BCUT2D eigenvalue weighted by Gasteiger charge is -2.23. The standard InChI is InChI=1S/C18H24N2O/c1-13(2)11-17(19)18(21)20(3)12-15-9-6-8-14-7-4-5-10-16(14)15/h4-10,13,17H,11-12,19H2,1-3H3/t17-/m0/s1. The molecular weight excluding hydrogens is 260 g/mol. The number of hydrogen-bond donors (Lipinski definition) is 1. The molecule has 112 valence electrons. The second-order valence-corrected chi connectivity index (χ2v) is 6.07. The highest BCUT2D eigenvalue weighted by atomic mass is 16.2. The average molecular weight is 284 g/mol. The second kappa shape index (κ2) is 6.72. The fourth-order valence-electron chi connectivity index (χ4n) is 2.66. The number of likely N-dealkylation sites (N-methyl/N-ethyl adjacent to an activating group) is 1. The van der Waals surface area contributed by atoms with Crippen molar-refractivity contribution in [1.82, 2.24) is 4.90 Å². The van der Waals surface area contributed by atoms with Crippen LogP contribution in [0.2, 0.25) is 0 Å². The third-order valence-corrected chi connectivity index (χ3v) is 3.71. The van der Waals surface area contributed by atoms with E-state index in [1.54, 1.807) is 4.90 Å². The SMILES string of the molecule is CC(C)C[C@H](N)C(=O)N(C)Cc1cccc2ccccc12. The first kappa shape index (κ1) is 15.5. The summed E-state index contributed by atoms with van der Waals surface area (Å²) in [7, 11) is 1.82. The van der Waals surface area contributed by atoms with E-state index >= 15 is 0 Å². The lowest BCUT2D eigenvalue weighted by molar-refractivity contribution is -0.132. The van der Waals surface area contributed by atoms with Crippen molar-refractivity contribution in [3.63, 3.8) is 0 Å². The molecule has 0 saturated heterocycles. The Labute approximate surface area is 126 Å². The van der Waals surface area contributed by atoms with Gasteiger partial charge in [0.1, 0.15) is 0 Å². The minimum atomic E-state index is -0.412. The first-order valence-corrected chi connectivity index (χ1v) is 7.46. The van der Waals surface area contributed by atoms with Crippen LogP contribution in [0.3, 0.4) is 0 Å². The number of amides is 1. The van der Waals surface area contributed by atoms with Crippen molar-refractivity contribution in [2.75, 3.05) is 7.05 Å². The van der Waals surface area contributed by atoms with E-state index in [0.717, 1.165) is 12.0 Å². The van der Waals surface area contributed by atoms with Crippen molar-refractivity contribution in [2.45, 2.75) is 32.9 Å². The summed E-state index contributed by atoms with van der Waals surface area (Å²) in [5.41, 5.74) is 7.15. The summed E-state index contributed by atoms with van der Waals surface area (Å²) in [6, 6.07) is 14.0. The molecule has 0 radical (unpaired) electrons. The second-order valence-electron chi connectivity index (χ2n) is 6.07. The summed E-state index contributed by atoms with van der Waals surface area (Å²) >= 11 is 0. The molecule has 2 aromatic carbocycles. The maximum atomic E-state index is 12.3. The molecular formula is C18H24N2O. The molecule has 3 nitrogen and oxygen atoms in total. The molecule has 0 saturated carbocycles. The fourth-order valence-corrected chi connectivity index (χ4v) is 2.66. The highest BCUT2D eigenvalue weighted by Crippen LogP contribution is 2.20. The van der Waals surface area contributed by atoms with Gasteiger partial charge in [0.15, 0.2) is 0 Å². The van der Waals surface area contributed by atoms with Crippen LogP contribution in [0.15, 0.2) is 42.5 Å². The van der Waals surface area contributed by atoms with Gasteiger partial charge in [-0.3, -0.25) is 4.79 Å². The first-order valence-electron chi connectivity index (χ1n) is 7.46. The highest BCUT2D eigenvalue weighted by molar-refractivity contribution is 5.86. The van der Waals surface area contributed by atoms with Crippen LogP contribution in [0.1, 0.15) is 25.8 Å². The molecule has 0 aliphatic heterocycles. The largest absolute Gasteiger partial charge is 0.340 e. The van der Waals surface area contributed by atoms with Gasteiger partial charge in [0, 0.05) is 13.6 Å². The van der Waals surface area contributed by atoms with E-state index in [2.05, 4.69) is 38.1 Å². The number of hydrogen-bond acceptors (Lipinski definition) is 2. The quantitative estimate of drug-likeness (QED) is 0.916. The first-order chi connectivity index (χ1) is 9.99. The predicted molar refractivity (Wildman–Crippen MR) is 87.9 cm³/mol. The monoisotopic (exact) mass is 284 g/mol. The number of fused-ring (bicyclic) bond motifs is 1. The van der Waals surface area contributed by atoms with Crippen molar-refractivity contribution >= 4 is 16.7 Å². The maximum Gasteiger partial charge on any atom is 0.239 e. The van der Waals surface area contributed by atoms with E-state index in [1.165, 1.54) is 10.8 Å². The third-order valence-electron chi connectivity index (χ3n) is 3.71. The molecule has 21 heavy (non-hydrogen) atoms. The molecule has 0 aliphatic carbocycles. The van der Waals surface area contributed by atoms with Gasteiger partial charge in [-0.05, 0) is 28.7 Å². The van der Waals surface area contributed by atoms with E-state index in [4.69, 9.17) is 5.73 Å². The van der Waals surface area contributed by atoms with E-state index in [-0.39, 0.29) is 5.91 Å². The number of nitrogens with two attached hydrogens (primary N) is 1. The van der Waals surface area contributed by atoms with Gasteiger partial charge < -0.3 is 10.6 Å². The van der Waals surface area contributed by atoms with Crippen molar-refractivity contribution in [1.29, 1.82) is 0 Å². The number of rotatable bonds is 5. The maximum absolute atomic E-state index is 12.3. The Morgan fingerprint density at radius 3 is 2.52 bits per heavy atom. The molecule has 2 aromatic rings. The minimum Gasteiger partial charge on any atom is -0.340 e. The summed E-state index contributed by atoms with van der Waals surface area (Å²) in [5, 5.41) is 2.39. The normalized spacial score (nSPS) is 12.6. The molecule has 0 heterocycles. The predicted octanol–water partition coefficient (Wildman–Crippen LogP) is 3.17. The Bertz CT molecular complexity index is 616. The van der Waals surface area contributed by atoms with E-state index in [9.17, 15) is 4.79 Å². The van der Waals surface area contributed by atoms with Crippen LogP contribution in [-0.2, 0) is 11.3 Å². The van der Waals surface area contributed by atoms with Gasteiger partial charge in [-0.2, -0.15) is 0 Å². The zero-order chi connectivity index (χ0) is 15.4. The van der Waals surface area contributed by atoms with Gasteiger partial charge in [0.25, 0.3) is 0 Å². The molecule has 0 bridgehead atoms. The van der Waals surface area contributed by atoms with Crippen LogP contribution in [0.4, 0.5) is 0 Å². The Morgan fingerprint density at radius 2 is 1.81 bits per heavy atom. The molecule has 1 amide bonds. The van der Waals surface area contributed by atoms with Gasteiger partial charge in [0.05, 0.1) is 6.04 Å². The summed E-state index contributed by atoms with van der Waals surface area (Å²) in [6.07, 6.45) is 0.721. The molecule has 0 aromatic heterocycles. The van der Waals surface area contributed by atoms with Gasteiger partial charge in [-0.15, -0.1) is 0 Å². The summed E-state index contributed by atoms with van der Waals surface area (Å²) in [5.74, 6) is 0.437. The summed E-state index contributed by atoms with van der Waals surface area (Å²) in [6.45, 7) is 4.75. The molecule has 2 N–H and O–H groups in total. The van der Waals surface area contributed by atoms with Crippen molar-refractivity contribution in [2.24, 2.45) is 11.7 Å². The van der Waals surface area contributed by atoms with Gasteiger partial charge in [-0.25, -0.2) is 0 Å². The molecule has 3 heteroatoms. The molecule has 0 aliphatic rings. The van der Waals surface area contributed by atoms with Crippen molar-refractivity contribution < 1.29 is 4.79 Å². The molecule has 0 fully saturated rings. The minimum absolute atomic E-state index is 0.0108. The van der Waals surface area contributed by atoms with Crippen LogP contribution >= 0.6 is 0 Å². The lowest BCUT2D eigenvalue weighted by Crippen LogP contribution is -2.42. The van der Waals surface area contributed by atoms with Crippen LogP contribution < -0.4 is 5.73 Å². The fraction of sp³-hybridized carbons (Fsp3) is 0.389. The van der Waals surface area contributed by atoms with Gasteiger partial charge in [0.2, 0.25) is 5.91 Å². The Hall–Kier alpha value is -1.87. The average Bonchev–Trinajstić information content (AvgIpc) is 2.46. The molecule has 0 unspecified atom stereocenters. The summed E-state index contributed by atoms with van der Waals surface area (Å²) < 4.78 is 0. The molecule has 0 spiro atoms. The Balaban J connectivity index is 2.14. The van der Waals surface area contributed by atoms with Crippen LogP contribution in [0.5, 0.6) is 0 Å². The lowest BCUT2D eigenvalue weighted by atomic mass is 10.0. The Morgan fingerprint density at radius 1 is 1.14 bits per heavy atom. The molecule has 1 atom stereocenters. The van der Waals surface area contributed by atoms with E-state index in [0.29, 0.717) is 12.5 Å². The van der Waals surface area contributed by atoms with Crippen molar-refractivity contribution in [3.8, 4) is 0 Å². The van der Waals surface area contributed by atoms with Gasteiger partial charge in [-0.1, -0.05) is 56.3 Å². The zero-order valence-electron chi connectivity index (χ0n) is 13.0. The van der Waals surface area contributed by atoms with E-state index < -0.39 is 6.04 Å². The van der Waals surface area contributed by atoms with Gasteiger partial charge >= 0.3 is 0 Å². The smallest absolute Gasteiger partial charge is 0.239 e. The number of nitrogens with zero attached hydrogens (tertiary/aromatic N) is 1. The number of carbonyl (C=O) groups is 1. The Kier molecular flexibility index (Phi) is 4.97. The van der Waals surface area contributed by atoms with Crippen molar-refractivity contribution in [3.05, 3.63) is 48.0 Å². The zero-order valence-corrected chi connectivity index (χ0v) is 13.0. The van der Waals surface area contributed by atoms with E-state index in [1.807, 2.05) is 25.2 Å². The number of carbonyl (C=O) groups excluding carboxylic acids is 1. The topological polar surface area (TPSA) is 46.3 Å². The number of benzene rings is 2. The summed E-state index contributed by atoms with van der Waals surface area (Å²) in [4.78, 5) is 14.1. The van der Waals surface area contributed by atoms with Crippen LogP contribution in [-0.4, -0.2) is 23.9 Å². The van der Waals surface area contributed by atoms with Crippen LogP contribution in [0.25, 0.3) is 10.8 Å².